The van der Waals surface area contributed by atoms with Gasteiger partial charge in [-0.3, -0.25) is 4.79 Å². The molecular formula is C27H32N4O5S. The van der Waals surface area contributed by atoms with E-state index in [-0.39, 0.29) is 48.6 Å². The van der Waals surface area contributed by atoms with Crippen LogP contribution in [0, 0.1) is 5.92 Å². The second kappa shape index (κ2) is 11.4. The number of ether oxygens (including phenoxy) is 1. The number of likely N-dealkylation sites (N-methyl/N-ethyl adjacent to an activating group) is 1. The van der Waals surface area contributed by atoms with Crippen LogP contribution in [-0.4, -0.2) is 77.5 Å². The number of hydrogen-bond acceptors (Lipinski definition) is 7. The minimum atomic E-state index is -3.96. The van der Waals surface area contributed by atoms with Crippen molar-refractivity contribution >= 4 is 15.9 Å². The number of rotatable bonds is 7. The Morgan fingerprint density at radius 3 is 2.54 bits per heavy atom. The van der Waals surface area contributed by atoms with E-state index in [1.807, 2.05) is 37.3 Å². The lowest BCUT2D eigenvalue weighted by atomic mass is 10.0. The lowest BCUT2D eigenvalue weighted by molar-refractivity contribution is -0.130. The first kappa shape index (κ1) is 26.7. The Bertz CT molecular complexity index is 1320. The van der Waals surface area contributed by atoms with E-state index in [2.05, 4.69) is 9.97 Å². The molecule has 0 unspecified atom stereocenters. The van der Waals surface area contributed by atoms with E-state index in [1.54, 1.807) is 43.4 Å². The van der Waals surface area contributed by atoms with Gasteiger partial charge in [0.2, 0.25) is 15.9 Å². The summed E-state index contributed by atoms with van der Waals surface area (Å²) in [4.78, 5) is 22.7. The zero-order chi connectivity index (χ0) is 26.6. The van der Waals surface area contributed by atoms with Crippen LogP contribution in [0.5, 0.6) is 5.75 Å². The molecule has 196 valence electrons. The molecule has 0 aliphatic carbocycles. The summed E-state index contributed by atoms with van der Waals surface area (Å²) in [7, 11) is -2.23. The number of carbonyl (C=O) groups is 1. The summed E-state index contributed by atoms with van der Waals surface area (Å²) < 4.78 is 35.0. The van der Waals surface area contributed by atoms with E-state index in [1.165, 1.54) is 16.7 Å². The Morgan fingerprint density at radius 2 is 1.86 bits per heavy atom. The fourth-order valence-corrected chi connectivity index (χ4v) is 6.17. The van der Waals surface area contributed by atoms with Gasteiger partial charge in [0, 0.05) is 43.5 Å². The van der Waals surface area contributed by atoms with Crippen molar-refractivity contribution in [2.24, 2.45) is 5.92 Å². The SMILES string of the molecule is C[C@H]1CN([C@@H](C)CO)S(=O)(=O)c2ccc(-c3cncnc3)cc2O[C@@H]1CN(C)C(=O)Cc1ccccc1. The first-order chi connectivity index (χ1) is 17.7. The first-order valence-electron chi connectivity index (χ1n) is 12.2. The highest BCUT2D eigenvalue weighted by Crippen LogP contribution is 2.36. The molecule has 1 aliphatic rings. The maximum Gasteiger partial charge on any atom is 0.247 e. The molecule has 0 saturated carbocycles. The topological polar surface area (TPSA) is 113 Å². The zero-order valence-corrected chi connectivity index (χ0v) is 22.0. The van der Waals surface area contributed by atoms with Gasteiger partial charge in [0.25, 0.3) is 0 Å². The molecule has 1 aliphatic heterocycles. The molecule has 3 aromatic rings. The first-order valence-corrected chi connectivity index (χ1v) is 13.6. The number of aromatic nitrogens is 2. The van der Waals surface area contributed by atoms with Crippen molar-refractivity contribution in [1.29, 1.82) is 0 Å². The minimum Gasteiger partial charge on any atom is -0.487 e. The Balaban J connectivity index is 1.69. The van der Waals surface area contributed by atoms with Crippen LogP contribution in [0.4, 0.5) is 0 Å². The standard InChI is InChI=1S/C27H32N4O5S/c1-19-15-31(20(2)17-32)37(34,35)26-10-9-22(23-13-28-18-29-14-23)12-24(26)36-25(19)16-30(3)27(33)11-21-7-5-4-6-8-21/h4-10,12-14,18-20,25,32H,11,15-17H2,1-3H3/t19-,20-,25+/m0/s1. The molecule has 9 nitrogen and oxygen atoms in total. The fraction of sp³-hybridized carbons (Fsp3) is 0.370. The van der Waals surface area contributed by atoms with Crippen molar-refractivity contribution in [2.75, 3.05) is 26.7 Å². The van der Waals surface area contributed by atoms with E-state index >= 15 is 0 Å². The van der Waals surface area contributed by atoms with Gasteiger partial charge in [0.1, 0.15) is 23.1 Å². The van der Waals surface area contributed by atoms with Crippen molar-refractivity contribution in [3.05, 3.63) is 72.8 Å². The van der Waals surface area contributed by atoms with Gasteiger partial charge < -0.3 is 14.7 Å². The molecule has 37 heavy (non-hydrogen) atoms. The summed E-state index contributed by atoms with van der Waals surface area (Å²) in [6, 6.07) is 13.8. The molecule has 1 amide bonds. The van der Waals surface area contributed by atoms with E-state index in [0.29, 0.717) is 11.1 Å². The Morgan fingerprint density at radius 1 is 1.16 bits per heavy atom. The number of sulfonamides is 1. The summed E-state index contributed by atoms with van der Waals surface area (Å²) in [5.74, 6) is -0.141. The number of aliphatic hydroxyl groups is 1. The van der Waals surface area contributed by atoms with Gasteiger partial charge in [-0.05, 0) is 30.2 Å². The molecule has 0 spiro atoms. The van der Waals surface area contributed by atoms with Crippen LogP contribution in [0.2, 0.25) is 0 Å². The maximum atomic E-state index is 13.7. The number of amides is 1. The molecule has 2 heterocycles. The highest BCUT2D eigenvalue weighted by atomic mass is 32.2. The van der Waals surface area contributed by atoms with Gasteiger partial charge in [-0.25, -0.2) is 18.4 Å². The monoisotopic (exact) mass is 524 g/mol. The average Bonchev–Trinajstić information content (AvgIpc) is 2.91. The molecule has 2 aromatic carbocycles. The van der Waals surface area contributed by atoms with Gasteiger partial charge in [-0.2, -0.15) is 4.31 Å². The molecule has 1 aromatic heterocycles. The minimum absolute atomic E-state index is 0.0172. The number of benzene rings is 2. The highest BCUT2D eigenvalue weighted by Gasteiger charge is 2.38. The van der Waals surface area contributed by atoms with Gasteiger partial charge in [0.15, 0.2) is 0 Å². The van der Waals surface area contributed by atoms with Crippen LogP contribution in [0.1, 0.15) is 19.4 Å². The number of fused-ring (bicyclic) bond motifs is 1. The van der Waals surface area contributed by atoms with E-state index in [0.717, 1.165) is 5.56 Å². The summed E-state index contributed by atoms with van der Waals surface area (Å²) in [6.07, 6.45) is 4.47. The predicted molar refractivity (Wildman–Crippen MR) is 139 cm³/mol. The third-order valence-corrected chi connectivity index (χ3v) is 8.66. The molecule has 1 N–H and O–H groups in total. The normalized spacial score (nSPS) is 20.1. The van der Waals surface area contributed by atoms with Crippen LogP contribution < -0.4 is 4.74 Å². The Hall–Kier alpha value is -3.34. The molecule has 0 bridgehead atoms. The van der Waals surface area contributed by atoms with E-state index < -0.39 is 22.2 Å². The predicted octanol–water partition coefficient (Wildman–Crippen LogP) is 2.61. The quantitative estimate of drug-likeness (QED) is 0.506. The Labute approximate surface area is 217 Å². The van der Waals surface area contributed by atoms with Crippen LogP contribution in [-0.2, 0) is 21.2 Å². The number of hydrogen-bond donors (Lipinski definition) is 1. The molecule has 0 fully saturated rings. The maximum absolute atomic E-state index is 13.7. The third-order valence-electron chi connectivity index (χ3n) is 6.64. The zero-order valence-electron chi connectivity index (χ0n) is 21.2. The summed E-state index contributed by atoms with van der Waals surface area (Å²) >= 11 is 0. The molecule has 10 heteroatoms. The Kier molecular flexibility index (Phi) is 8.21. The molecule has 0 saturated heterocycles. The third kappa shape index (κ3) is 5.98. The number of nitrogens with zero attached hydrogens (tertiary/aromatic N) is 4. The van der Waals surface area contributed by atoms with Crippen LogP contribution in [0.15, 0.2) is 72.1 Å². The van der Waals surface area contributed by atoms with Crippen molar-refractivity contribution < 1.29 is 23.1 Å². The largest absolute Gasteiger partial charge is 0.487 e. The van der Waals surface area contributed by atoms with Crippen molar-refractivity contribution in [2.45, 2.75) is 37.3 Å². The molecule has 3 atom stereocenters. The van der Waals surface area contributed by atoms with Gasteiger partial charge >= 0.3 is 0 Å². The van der Waals surface area contributed by atoms with Crippen molar-refractivity contribution in [3.63, 3.8) is 0 Å². The summed E-state index contributed by atoms with van der Waals surface area (Å²) in [5, 5.41) is 9.83. The molecule has 4 rings (SSSR count). The smallest absolute Gasteiger partial charge is 0.247 e. The second-order valence-corrected chi connectivity index (χ2v) is 11.3. The lowest BCUT2D eigenvalue weighted by Gasteiger charge is -2.37. The van der Waals surface area contributed by atoms with Gasteiger partial charge in [-0.1, -0.05) is 43.3 Å². The van der Waals surface area contributed by atoms with Crippen molar-refractivity contribution in [3.8, 4) is 16.9 Å². The summed E-state index contributed by atoms with van der Waals surface area (Å²) in [6.45, 7) is 3.66. The second-order valence-electron chi connectivity index (χ2n) is 9.47. The van der Waals surface area contributed by atoms with E-state index in [4.69, 9.17) is 4.74 Å². The van der Waals surface area contributed by atoms with Crippen LogP contribution in [0.3, 0.4) is 0 Å². The number of carbonyl (C=O) groups excluding carboxylic acids is 1. The van der Waals surface area contributed by atoms with E-state index in [9.17, 15) is 18.3 Å². The number of aliphatic hydroxyl groups excluding tert-OH is 1. The molecular weight excluding hydrogens is 492 g/mol. The fourth-order valence-electron chi connectivity index (χ4n) is 4.35. The molecule has 0 radical (unpaired) electrons. The van der Waals surface area contributed by atoms with Crippen LogP contribution >= 0.6 is 0 Å². The average molecular weight is 525 g/mol. The lowest BCUT2D eigenvalue weighted by Crippen LogP contribution is -2.50. The highest BCUT2D eigenvalue weighted by molar-refractivity contribution is 7.89. The van der Waals surface area contributed by atoms with Crippen molar-refractivity contribution in [1.82, 2.24) is 19.2 Å². The van der Waals surface area contributed by atoms with Gasteiger partial charge in [0.05, 0.1) is 19.6 Å². The summed E-state index contributed by atoms with van der Waals surface area (Å²) in [5.41, 5.74) is 2.34. The van der Waals surface area contributed by atoms with Gasteiger partial charge in [-0.15, -0.1) is 0 Å². The van der Waals surface area contributed by atoms with Crippen LogP contribution in [0.25, 0.3) is 11.1 Å².